The summed E-state index contributed by atoms with van der Waals surface area (Å²) in [6, 6.07) is 10.4. The first kappa shape index (κ1) is 58.0. The van der Waals surface area contributed by atoms with Crippen molar-refractivity contribution >= 4 is 40.0 Å². The maximum Gasteiger partial charge on any atom is 0.315 e. The average Bonchev–Trinajstić information content (AvgIpc) is 4.15. The van der Waals surface area contributed by atoms with Gasteiger partial charge in [-0.05, 0) is 57.1 Å². The van der Waals surface area contributed by atoms with Crippen molar-refractivity contribution in [1.29, 1.82) is 0 Å². The highest BCUT2D eigenvalue weighted by Gasteiger charge is 2.50. The smallest absolute Gasteiger partial charge is 0.315 e. The van der Waals surface area contributed by atoms with E-state index in [-0.39, 0.29) is 55.7 Å². The lowest BCUT2D eigenvalue weighted by molar-refractivity contribution is -0.164. The number of aliphatic hydroxyl groups excluding tert-OH is 2. The van der Waals surface area contributed by atoms with E-state index < -0.39 is 101 Å². The summed E-state index contributed by atoms with van der Waals surface area (Å²) in [5.74, 6) is -7.87. The Morgan fingerprint density at radius 1 is 0.885 bits per heavy atom. The molecule has 2 amide bonds. The van der Waals surface area contributed by atoms with Gasteiger partial charge in [-0.1, -0.05) is 90.1 Å². The molecule has 1 saturated heterocycles. The van der Waals surface area contributed by atoms with Crippen LogP contribution >= 0.6 is 0 Å². The zero-order valence-corrected chi connectivity index (χ0v) is 46.8. The molecule has 78 heavy (non-hydrogen) atoms. The Labute approximate surface area is 457 Å². The van der Waals surface area contributed by atoms with E-state index in [4.69, 9.17) is 28.9 Å². The van der Waals surface area contributed by atoms with Gasteiger partial charge in [-0.2, -0.15) is 0 Å². The van der Waals surface area contributed by atoms with Crippen LogP contribution in [0.4, 0.5) is 5.69 Å². The monoisotopic (exact) mass is 1080 g/mol. The van der Waals surface area contributed by atoms with Crippen molar-refractivity contribution in [3.05, 3.63) is 93.9 Å². The van der Waals surface area contributed by atoms with Gasteiger partial charge in [-0.15, -0.1) is 0 Å². The number of fused-ring (bicyclic) bond motifs is 13. The molecule has 422 valence electrons. The predicted octanol–water partition coefficient (Wildman–Crippen LogP) is 6.34. The molecule has 3 aromatic rings. The molecule has 1 spiro atoms. The first-order valence-electron chi connectivity index (χ1n) is 27.7. The number of esters is 1. The van der Waals surface area contributed by atoms with Gasteiger partial charge >= 0.3 is 11.8 Å². The second-order valence-electron chi connectivity index (χ2n) is 23.0. The lowest BCUT2D eigenvalue weighted by Crippen LogP contribution is -2.47. The number of carbonyl (C=O) groups excluding carboxylic acids is 4. The molecule has 9 rings (SSSR count). The van der Waals surface area contributed by atoms with E-state index in [0.29, 0.717) is 37.9 Å². The molecule has 7 N–H and O–H groups in total. The van der Waals surface area contributed by atoms with Gasteiger partial charge in [0.1, 0.15) is 35.1 Å². The van der Waals surface area contributed by atoms with E-state index in [1.807, 2.05) is 18.2 Å². The highest BCUT2D eigenvalue weighted by Crippen LogP contribution is 2.50. The molecular weight excluding hydrogens is 997 g/mol. The number of nitrogens with zero attached hydrogens (tertiary/aromatic N) is 3. The summed E-state index contributed by atoms with van der Waals surface area (Å²) in [5.41, 5.74) is 0.502. The van der Waals surface area contributed by atoms with Gasteiger partial charge in [0, 0.05) is 105 Å². The van der Waals surface area contributed by atoms with E-state index in [0.717, 1.165) is 38.8 Å². The number of hydrogen-bond acceptors (Lipinski definition) is 16. The fourth-order valence-corrected chi connectivity index (χ4v) is 11.9. The van der Waals surface area contributed by atoms with Crippen molar-refractivity contribution in [3.8, 4) is 17.2 Å². The number of aromatic hydroxyl groups is 2. The van der Waals surface area contributed by atoms with Crippen molar-refractivity contribution in [2.75, 3.05) is 32.1 Å². The third-order valence-electron chi connectivity index (χ3n) is 16.7. The number of amides is 2. The topological polar surface area (TPSA) is 250 Å². The largest absolute Gasteiger partial charge is 0.507 e. The number of benzene rings is 3. The van der Waals surface area contributed by atoms with Crippen molar-refractivity contribution < 1.29 is 58.6 Å². The van der Waals surface area contributed by atoms with E-state index in [1.54, 1.807) is 59.8 Å². The summed E-state index contributed by atoms with van der Waals surface area (Å²) in [4.78, 5) is 69.1. The summed E-state index contributed by atoms with van der Waals surface area (Å²) in [7, 11) is 1.45. The zero-order valence-electron chi connectivity index (χ0n) is 46.8. The molecule has 5 aliphatic heterocycles. The maximum atomic E-state index is 15.0. The van der Waals surface area contributed by atoms with Crippen molar-refractivity contribution in [3.63, 3.8) is 0 Å². The number of ketones is 1. The highest BCUT2D eigenvalue weighted by molar-refractivity contribution is 6.19. The van der Waals surface area contributed by atoms with Gasteiger partial charge in [-0.25, -0.2) is 0 Å². The minimum Gasteiger partial charge on any atom is -0.507 e. The van der Waals surface area contributed by atoms with Gasteiger partial charge in [0.2, 0.25) is 5.91 Å². The molecule has 1 saturated carbocycles. The fourth-order valence-electron chi connectivity index (χ4n) is 11.9. The quantitative estimate of drug-likeness (QED) is 0.0666. The second kappa shape index (κ2) is 24.0. The lowest BCUT2D eigenvalue weighted by atomic mass is 9.78. The number of anilines is 1. The molecule has 0 unspecified atom stereocenters. The van der Waals surface area contributed by atoms with Gasteiger partial charge in [0.05, 0.1) is 40.9 Å². The van der Waals surface area contributed by atoms with Crippen LogP contribution in [-0.4, -0.2) is 124 Å². The van der Waals surface area contributed by atoms with Gasteiger partial charge < -0.3 is 60.2 Å². The number of allylic oxidation sites excluding steroid dienone is 2. The number of Topliss-reactive ketones (excluding diaryl/α,β-unsaturated/α-hetero) is 1. The lowest BCUT2D eigenvalue weighted by Gasteiger charge is -2.38. The van der Waals surface area contributed by atoms with Gasteiger partial charge in [0.15, 0.2) is 11.4 Å². The number of hydrogen-bond donors (Lipinski definition) is 7. The van der Waals surface area contributed by atoms with Crippen LogP contribution in [0.5, 0.6) is 17.2 Å². The first-order valence-corrected chi connectivity index (χ1v) is 27.7. The first-order chi connectivity index (χ1) is 37.0. The Kier molecular flexibility index (Phi) is 17.9. The Balaban J connectivity index is 1.10. The average molecular weight is 1080 g/mol. The molecule has 5 heterocycles. The predicted molar refractivity (Wildman–Crippen MR) is 294 cm³/mol. The second-order valence-corrected chi connectivity index (χ2v) is 23.0. The molecule has 3 aromatic carbocycles. The number of piperidine rings is 1. The van der Waals surface area contributed by atoms with Crippen LogP contribution in [0.3, 0.4) is 0 Å². The number of carbonyl (C=O) groups is 4. The summed E-state index contributed by atoms with van der Waals surface area (Å²) < 4.78 is 24.7. The number of nitrogens with one attached hydrogen (secondary N) is 3. The van der Waals surface area contributed by atoms with Crippen LogP contribution in [0.15, 0.2) is 76.5 Å². The number of phenolic OH excluding ortho intramolecular Hbond substituents is 2. The standard InChI is InChI=1S/C60H80N6O12/c1-32(2)31-66-26-24-60(25-27-66)64-48-45-46-53(71)38(8)56-47(45)57(73)59(9,78-56)76-28-23-42(75-10)35(5)55(77-44(68)29-43(67)62-41-21-19-40(20-22-41)61-30-39-17-12-11-13-18-39)37(7)52(70)36(6)51(69)33(3)15-14-16-34(4)58(74)63-50(54(46)72)49(48)65-60/h11-18,23,28,32-33,35-37,40-42,51-52,55,61,69-72H,19-22,24-27,29-31H2,1-10H3,(H,62,67)(H,63,74)/b15-14+,28-23+,34-16-/t33-,35+,36+,37+,40?,41?,42-,51-,52+,55+,59-/m0/s1. The van der Waals surface area contributed by atoms with Crippen LogP contribution in [-0.2, 0) is 35.1 Å². The molecule has 1 aliphatic carbocycles. The van der Waals surface area contributed by atoms with E-state index in [9.17, 15) is 39.6 Å². The minimum absolute atomic E-state index is 0.00831. The summed E-state index contributed by atoms with van der Waals surface area (Å²) in [5, 5.41) is 57.8. The van der Waals surface area contributed by atoms with Crippen LogP contribution in [0, 0.1) is 36.5 Å². The number of methoxy groups -OCH3 is 1. The van der Waals surface area contributed by atoms with Crippen LogP contribution in [0.2, 0.25) is 0 Å². The summed E-state index contributed by atoms with van der Waals surface area (Å²) in [6.07, 6.45) is 7.02. The van der Waals surface area contributed by atoms with E-state index >= 15 is 0 Å². The Hall–Kier alpha value is -6.18. The number of ether oxygens (including phenoxy) is 4. The number of aliphatic hydroxyl groups is 2. The van der Waals surface area contributed by atoms with Crippen LogP contribution in [0.25, 0.3) is 10.8 Å². The van der Waals surface area contributed by atoms with Gasteiger partial charge in [0.25, 0.3) is 11.7 Å². The third kappa shape index (κ3) is 12.2. The molecule has 0 aromatic heterocycles. The third-order valence-corrected chi connectivity index (χ3v) is 16.7. The zero-order chi connectivity index (χ0) is 56.4. The van der Waals surface area contributed by atoms with Crippen LogP contribution < -0.4 is 31.4 Å². The van der Waals surface area contributed by atoms with Crippen LogP contribution in [0.1, 0.15) is 122 Å². The van der Waals surface area contributed by atoms with Crippen molar-refractivity contribution in [2.24, 2.45) is 39.6 Å². The molecule has 9 atom stereocenters. The summed E-state index contributed by atoms with van der Waals surface area (Å²) >= 11 is 0. The van der Waals surface area contributed by atoms with E-state index in [1.165, 1.54) is 31.9 Å². The molecule has 2 fully saturated rings. The summed E-state index contributed by atoms with van der Waals surface area (Å²) in [6.45, 7) is 18.8. The number of phenols is 2. The number of likely N-dealkylation sites (tertiary alicyclic amines) is 1. The Morgan fingerprint density at radius 3 is 2.22 bits per heavy atom. The highest BCUT2D eigenvalue weighted by atomic mass is 16.7. The van der Waals surface area contributed by atoms with Crippen molar-refractivity contribution in [2.45, 2.75) is 162 Å². The molecule has 6 aliphatic rings. The van der Waals surface area contributed by atoms with Gasteiger partial charge in [-0.3, -0.25) is 29.2 Å². The minimum atomic E-state index is -2.02. The molecule has 18 nitrogen and oxygen atoms in total. The SMILES string of the molecule is CO[C@H]1/C=C/O[C@@]2(C)Oc3c(C)c(O)c4c(O)c(c5c(c4c3C2=O)=NC2(CCN(CC(C)C)CC2)N=5)NC(=O)/C(C)=C\C=C\[C@H](C)[C@H](O)[C@@H](C)[C@@H](O)[C@@H](C)[C@H](OC(=O)CC(=O)NC2CCC(NCc3ccccc3)CC2)[C@@H]1C. The van der Waals surface area contributed by atoms with Crippen molar-refractivity contribution in [1.82, 2.24) is 15.5 Å². The molecule has 0 radical (unpaired) electrons. The Morgan fingerprint density at radius 2 is 1.55 bits per heavy atom. The molecular formula is C60H80N6O12. The van der Waals surface area contributed by atoms with E-state index in [2.05, 4.69) is 46.8 Å². The maximum absolute atomic E-state index is 15.0. The molecule has 5 bridgehead atoms. The number of rotatable bonds is 10. The fraction of sp³-hybridized carbons (Fsp3) is 0.567. The molecule has 18 heteroatoms. The normalized spacial score (nSPS) is 31.1. The Bertz CT molecular complexity index is 2960.